The lowest BCUT2D eigenvalue weighted by Gasteiger charge is -2.34. The molecule has 1 aliphatic rings. The number of methoxy groups -OCH3 is 1. The van der Waals surface area contributed by atoms with E-state index in [9.17, 15) is 0 Å². The highest BCUT2D eigenvalue weighted by atomic mass is 16.5. The Hall–Kier alpha value is -0.120. The molecule has 3 nitrogen and oxygen atoms in total. The molecule has 1 saturated carbocycles. The van der Waals surface area contributed by atoms with Gasteiger partial charge in [-0.2, -0.15) is 0 Å². The van der Waals surface area contributed by atoms with E-state index in [0.29, 0.717) is 6.61 Å². The van der Waals surface area contributed by atoms with Crippen molar-refractivity contribution >= 4 is 0 Å². The summed E-state index contributed by atoms with van der Waals surface area (Å²) in [6.45, 7) is 3.97. The Balaban J connectivity index is 2.24. The van der Waals surface area contributed by atoms with Gasteiger partial charge in [0.25, 0.3) is 0 Å². The maximum Gasteiger partial charge on any atom is 0.0626 e. The summed E-state index contributed by atoms with van der Waals surface area (Å²) < 4.78 is 5.06. The number of likely N-dealkylation sites (N-methyl/N-ethyl adjacent to an activating group) is 1. The largest absolute Gasteiger partial charge is 0.383 e. The van der Waals surface area contributed by atoms with Crippen molar-refractivity contribution in [3.8, 4) is 0 Å². The summed E-state index contributed by atoms with van der Waals surface area (Å²) in [6, 6.07) is 0.892. The average Bonchev–Trinajstić information content (AvgIpc) is 2.18. The molecule has 0 spiro atoms. The predicted octanol–water partition coefficient (Wildman–Crippen LogP) is 1.47. The van der Waals surface area contributed by atoms with E-state index >= 15 is 0 Å². The van der Waals surface area contributed by atoms with Crippen molar-refractivity contribution in [3.05, 3.63) is 0 Å². The van der Waals surface area contributed by atoms with Gasteiger partial charge >= 0.3 is 0 Å². The minimum atomic E-state index is 0.152. The van der Waals surface area contributed by atoms with Gasteiger partial charge in [-0.1, -0.05) is 6.92 Å². The van der Waals surface area contributed by atoms with Crippen LogP contribution in [0.5, 0.6) is 0 Å². The van der Waals surface area contributed by atoms with Crippen LogP contribution in [0.3, 0.4) is 0 Å². The number of nitrogens with two attached hydrogens (primary N) is 1. The molecule has 0 aliphatic heterocycles. The Labute approximate surface area is 94.0 Å². The normalized spacial score (nSPS) is 29.4. The maximum absolute atomic E-state index is 5.95. The summed E-state index contributed by atoms with van der Waals surface area (Å²) in [5, 5.41) is 0. The fraction of sp³-hybridized carbons (Fsp3) is 1.00. The van der Waals surface area contributed by atoms with Gasteiger partial charge in [0.05, 0.1) is 6.61 Å². The van der Waals surface area contributed by atoms with Crippen LogP contribution < -0.4 is 5.73 Å². The summed E-state index contributed by atoms with van der Waals surface area (Å²) >= 11 is 0. The van der Waals surface area contributed by atoms with Gasteiger partial charge in [-0.15, -0.1) is 0 Å². The summed E-state index contributed by atoms with van der Waals surface area (Å²) in [6.07, 6.45) is 5.40. The van der Waals surface area contributed by atoms with Gasteiger partial charge in [-0.25, -0.2) is 0 Å². The average molecular weight is 214 g/mol. The summed E-state index contributed by atoms with van der Waals surface area (Å²) in [5.74, 6) is 0.919. The van der Waals surface area contributed by atoms with Gasteiger partial charge in [0, 0.05) is 25.7 Å². The summed E-state index contributed by atoms with van der Waals surface area (Å²) in [7, 11) is 3.90. The van der Waals surface area contributed by atoms with E-state index in [1.165, 1.54) is 25.7 Å². The second-order valence-electron chi connectivity index (χ2n) is 5.07. The molecule has 3 heteroatoms. The van der Waals surface area contributed by atoms with Crippen LogP contribution in [0.2, 0.25) is 0 Å². The SMILES string of the molecule is COCC(N)CN(C)C1CCC(C)CC1. The fourth-order valence-corrected chi connectivity index (χ4v) is 2.47. The van der Waals surface area contributed by atoms with E-state index in [1.807, 2.05) is 0 Å². The van der Waals surface area contributed by atoms with Crippen LogP contribution >= 0.6 is 0 Å². The van der Waals surface area contributed by atoms with Gasteiger partial charge < -0.3 is 15.4 Å². The van der Waals surface area contributed by atoms with E-state index < -0.39 is 0 Å². The number of ether oxygens (including phenoxy) is 1. The standard InChI is InChI=1S/C12H26N2O/c1-10-4-6-12(7-5-10)14(2)8-11(13)9-15-3/h10-12H,4-9,13H2,1-3H3. The lowest BCUT2D eigenvalue weighted by atomic mass is 9.86. The molecule has 1 fully saturated rings. The molecule has 0 radical (unpaired) electrons. The first-order chi connectivity index (χ1) is 7.13. The van der Waals surface area contributed by atoms with Crippen molar-refractivity contribution in [2.24, 2.45) is 11.7 Å². The van der Waals surface area contributed by atoms with E-state index in [2.05, 4.69) is 18.9 Å². The van der Waals surface area contributed by atoms with Gasteiger partial charge in [0.15, 0.2) is 0 Å². The second-order valence-corrected chi connectivity index (χ2v) is 5.07. The molecule has 0 saturated heterocycles. The highest BCUT2D eigenvalue weighted by molar-refractivity contribution is 4.78. The molecule has 1 unspecified atom stereocenters. The molecule has 0 amide bonds. The van der Waals surface area contributed by atoms with Crippen LogP contribution in [-0.4, -0.2) is 44.3 Å². The van der Waals surface area contributed by atoms with Gasteiger partial charge in [-0.3, -0.25) is 0 Å². The Kier molecular flexibility index (Phi) is 5.58. The summed E-state index contributed by atoms with van der Waals surface area (Å²) in [4.78, 5) is 2.41. The van der Waals surface area contributed by atoms with Crippen LogP contribution in [0.15, 0.2) is 0 Å². The van der Waals surface area contributed by atoms with Crippen molar-refractivity contribution in [1.82, 2.24) is 4.90 Å². The third kappa shape index (κ3) is 4.49. The molecule has 1 rings (SSSR count). The first kappa shape index (κ1) is 12.9. The number of hydrogen-bond donors (Lipinski definition) is 1. The third-order valence-corrected chi connectivity index (χ3v) is 3.51. The Bertz CT molecular complexity index is 167. The smallest absolute Gasteiger partial charge is 0.0626 e. The molecule has 1 aliphatic carbocycles. The molecule has 0 bridgehead atoms. The van der Waals surface area contributed by atoms with Crippen molar-refractivity contribution in [2.75, 3.05) is 27.3 Å². The van der Waals surface area contributed by atoms with Crippen LogP contribution in [0.25, 0.3) is 0 Å². The maximum atomic E-state index is 5.95. The van der Waals surface area contributed by atoms with Crippen molar-refractivity contribution in [2.45, 2.75) is 44.7 Å². The van der Waals surface area contributed by atoms with E-state index in [1.54, 1.807) is 7.11 Å². The Morgan fingerprint density at radius 3 is 2.47 bits per heavy atom. The molecule has 0 aromatic rings. The highest BCUT2D eigenvalue weighted by Gasteiger charge is 2.22. The third-order valence-electron chi connectivity index (χ3n) is 3.51. The number of rotatable bonds is 5. The molecule has 90 valence electrons. The van der Waals surface area contributed by atoms with Crippen molar-refractivity contribution in [3.63, 3.8) is 0 Å². The van der Waals surface area contributed by atoms with Gasteiger partial charge in [0.2, 0.25) is 0 Å². The molecule has 15 heavy (non-hydrogen) atoms. The van der Waals surface area contributed by atoms with E-state index in [-0.39, 0.29) is 6.04 Å². The molecule has 0 aromatic heterocycles. The second kappa shape index (κ2) is 6.46. The molecule has 0 heterocycles. The Morgan fingerprint density at radius 1 is 1.33 bits per heavy atom. The molecule has 2 N–H and O–H groups in total. The van der Waals surface area contributed by atoms with Crippen LogP contribution in [0, 0.1) is 5.92 Å². The highest BCUT2D eigenvalue weighted by Crippen LogP contribution is 2.26. The first-order valence-electron chi connectivity index (χ1n) is 6.08. The number of hydrogen-bond acceptors (Lipinski definition) is 3. The first-order valence-corrected chi connectivity index (χ1v) is 6.08. The molecule has 0 aromatic carbocycles. The minimum Gasteiger partial charge on any atom is -0.383 e. The topological polar surface area (TPSA) is 38.5 Å². The predicted molar refractivity (Wildman–Crippen MR) is 63.9 cm³/mol. The summed E-state index contributed by atoms with van der Waals surface area (Å²) in [5.41, 5.74) is 5.95. The Morgan fingerprint density at radius 2 is 1.93 bits per heavy atom. The molecule has 1 atom stereocenters. The van der Waals surface area contributed by atoms with Gasteiger partial charge in [-0.05, 0) is 38.6 Å². The van der Waals surface area contributed by atoms with Crippen molar-refractivity contribution < 1.29 is 4.74 Å². The van der Waals surface area contributed by atoms with Crippen LogP contribution in [-0.2, 0) is 4.74 Å². The zero-order chi connectivity index (χ0) is 11.3. The molecular weight excluding hydrogens is 188 g/mol. The zero-order valence-electron chi connectivity index (χ0n) is 10.4. The lowest BCUT2D eigenvalue weighted by Crippen LogP contribution is -2.44. The van der Waals surface area contributed by atoms with Crippen molar-refractivity contribution in [1.29, 1.82) is 0 Å². The van der Waals surface area contributed by atoms with Gasteiger partial charge in [0.1, 0.15) is 0 Å². The zero-order valence-corrected chi connectivity index (χ0v) is 10.4. The monoisotopic (exact) mass is 214 g/mol. The quantitative estimate of drug-likeness (QED) is 0.753. The van der Waals surface area contributed by atoms with E-state index in [4.69, 9.17) is 10.5 Å². The molecular formula is C12H26N2O. The minimum absolute atomic E-state index is 0.152. The van der Waals surface area contributed by atoms with E-state index in [0.717, 1.165) is 18.5 Å². The lowest BCUT2D eigenvalue weighted by molar-refractivity contribution is 0.126. The fourth-order valence-electron chi connectivity index (χ4n) is 2.47. The van der Waals surface area contributed by atoms with Crippen LogP contribution in [0.1, 0.15) is 32.6 Å². The van der Waals surface area contributed by atoms with Crippen LogP contribution in [0.4, 0.5) is 0 Å². The number of nitrogens with zero attached hydrogens (tertiary/aromatic N) is 1.